The number of rotatable bonds is 5. The Kier molecular flexibility index (Phi) is 4.88. The zero-order valence-corrected chi connectivity index (χ0v) is 12.0. The lowest BCUT2D eigenvalue weighted by molar-refractivity contribution is 0.340. The van der Waals surface area contributed by atoms with E-state index in [-0.39, 0.29) is 0 Å². The third-order valence-electron chi connectivity index (χ3n) is 2.48. The summed E-state index contributed by atoms with van der Waals surface area (Å²) in [5.74, 6) is 1.48. The molecule has 1 heterocycles. The molecule has 0 aliphatic heterocycles. The number of nitrogens with one attached hydrogen (secondary N) is 1. The molecule has 0 saturated carbocycles. The third-order valence-corrected chi connectivity index (χ3v) is 2.97. The molecule has 0 radical (unpaired) electrons. The second kappa shape index (κ2) is 6.64. The summed E-state index contributed by atoms with van der Waals surface area (Å²) in [6, 6.07) is 9.55. The highest BCUT2D eigenvalue weighted by molar-refractivity contribution is 6.35. The summed E-state index contributed by atoms with van der Waals surface area (Å²) < 4.78 is 5.45. The smallest absolute Gasteiger partial charge is 0.145 e. The van der Waals surface area contributed by atoms with Gasteiger partial charge in [0.1, 0.15) is 11.6 Å². The van der Waals surface area contributed by atoms with Crippen molar-refractivity contribution in [3.63, 3.8) is 0 Å². The molecule has 3 nitrogen and oxygen atoms in total. The fourth-order valence-corrected chi connectivity index (χ4v) is 2.09. The summed E-state index contributed by atoms with van der Waals surface area (Å²) in [4.78, 5) is 4.15. The molecule has 0 amide bonds. The van der Waals surface area contributed by atoms with E-state index in [1.807, 2.05) is 31.2 Å². The van der Waals surface area contributed by atoms with Crippen LogP contribution in [0.25, 0.3) is 0 Å². The van der Waals surface area contributed by atoms with Crippen molar-refractivity contribution in [3.05, 3.63) is 52.1 Å². The SMILES string of the molecule is CCOc1cccc(CNc2ncc(Cl)cc2Cl)c1. The van der Waals surface area contributed by atoms with Crippen LogP contribution in [0.5, 0.6) is 5.75 Å². The van der Waals surface area contributed by atoms with Crippen molar-refractivity contribution in [1.29, 1.82) is 0 Å². The number of ether oxygens (including phenoxy) is 1. The Morgan fingerprint density at radius 3 is 2.84 bits per heavy atom. The van der Waals surface area contributed by atoms with Crippen molar-refractivity contribution < 1.29 is 4.74 Å². The highest BCUT2D eigenvalue weighted by Gasteiger charge is 2.03. The summed E-state index contributed by atoms with van der Waals surface area (Å²) in [7, 11) is 0. The van der Waals surface area contributed by atoms with Gasteiger partial charge in [-0.25, -0.2) is 4.98 Å². The van der Waals surface area contributed by atoms with Crippen LogP contribution in [0.15, 0.2) is 36.5 Å². The summed E-state index contributed by atoms with van der Waals surface area (Å²) in [5.41, 5.74) is 1.10. The molecule has 0 fully saturated rings. The molecule has 0 spiro atoms. The van der Waals surface area contributed by atoms with Crippen LogP contribution in [-0.2, 0) is 6.54 Å². The van der Waals surface area contributed by atoms with E-state index in [0.29, 0.717) is 29.0 Å². The van der Waals surface area contributed by atoms with E-state index in [1.165, 1.54) is 0 Å². The Bertz CT molecular complexity index is 561. The van der Waals surface area contributed by atoms with Gasteiger partial charge >= 0.3 is 0 Å². The van der Waals surface area contributed by atoms with Crippen molar-refractivity contribution in [2.24, 2.45) is 0 Å². The summed E-state index contributed by atoms with van der Waals surface area (Å²) >= 11 is 11.8. The van der Waals surface area contributed by atoms with Crippen LogP contribution in [0, 0.1) is 0 Å². The van der Waals surface area contributed by atoms with Crippen molar-refractivity contribution in [2.75, 3.05) is 11.9 Å². The zero-order valence-electron chi connectivity index (χ0n) is 10.5. The molecule has 1 aromatic carbocycles. The lowest BCUT2D eigenvalue weighted by Gasteiger charge is -2.09. The van der Waals surface area contributed by atoms with E-state index in [4.69, 9.17) is 27.9 Å². The van der Waals surface area contributed by atoms with Crippen LogP contribution in [0.3, 0.4) is 0 Å². The largest absolute Gasteiger partial charge is 0.494 e. The molecule has 0 unspecified atom stereocenters. The molecular formula is C14H14Cl2N2O. The Morgan fingerprint density at radius 2 is 2.11 bits per heavy atom. The van der Waals surface area contributed by atoms with Gasteiger partial charge in [-0.15, -0.1) is 0 Å². The number of benzene rings is 1. The predicted octanol–water partition coefficient (Wildman–Crippen LogP) is 4.40. The number of hydrogen-bond acceptors (Lipinski definition) is 3. The fraction of sp³-hybridized carbons (Fsp3) is 0.214. The van der Waals surface area contributed by atoms with Crippen LogP contribution < -0.4 is 10.1 Å². The first kappa shape index (κ1) is 14.0. The first-order chi connectivity index (χ1) is 9.19. The Labute approximate surface area is 122 Å². The molecule has 2 aromatic rings. The van der Waals surface area contributed by atoms with Crippen LogP contribution in [-0.4, -0.2) is 11.6 Å². The second-order valence-corrected chi connectivity index (χ2v) is 4.76. The summed E-state index contributed by atoms with van der Waals surface area (Å²) in [6.07, 6.45) is 1.56. The van der Waals surface area contributed by atoms with Crippen molar-refractivity contribution in [2.45, 2.75) is 13.5 Å². The molecule has 0 atom stereocenters. The van der Waals surface area contributed by atoms with E-state index in [2.05, 4.69) is 10.3 Å². The van der Waals surface area contributed by atoms with E-state index >= 15 is 0 Å². The van der Waals surface area contributed by atoms with Gasteiger partial charge < -0.3 is 10.1 Å². The standard InChI is InChI=1S/C14H14Cl2N2O/c1-2-19-12-5-3-4-10(6-12)8-17-14-13(16)7-11(15)9-18-14/h3-7,9H,2,8H2,1H3,(H,17,18). The molecule has 1 N–H and O–H groups in total. The van der Waals surface area contributed by atoms with Crippen LogP contribution in [0.1, 0.15) is 12.5 Å². The van der Waals surface area contributed by atoms with Crippen molar-refractivity contribution >= 4 is 29.0 Å². The average Bonchev–Trinajstić information content (AvgIpc) is 2.38. The molecule has 2 rings (SSSR count). The average molecular weight is 297 g/mol. The van der Waals surface area contributed by atoms with Gasteiger partial charge in [-0.3, -0.25) is 0 Å². The van der Waals surface area contributed by atoms with Crippen molar-refractivity contribution in [3.8, 4) is 5.75 Å². The predicted molar refractivity (Wildman–Crippen MR) is 79.2 cm³/mol. The van der Waals surface area contributed by atoms with E-state index in [9.17, 15) is 0 Å². The maximum Gasteiger partial charge on any atom is 0.145 e. The molecule has 5 heteroatoms. The zero-order chi connectivity index (χ0) is 13.7. The normalized spacial score (nSPS) is 10.3. The van der Waals surface area contributed by atoms with Crippen LogP contribution in [0.2, 0.25) is 10.0 Å². The molecule has 0 aliphatic carbocycles. The van der Waals surface area contributed by atoms with Gasteiger partial charge in [0.25, 0.3) is 0 Å². The minimum atomic E-state index is 0.508. The van der Waals surface area contributed by atoms with Gasteiger partial charge in [0, 0.05) is 12.7 Å². The minimum Gasteiger partial charge on any atom is -0.494 e. The lowest BCUT2D eigenvalue weighted by atomic mass is 10.2. The lowest BCUT2D eigenvalue weighted by Crippen LogP contribution is -2.02. The van der Waals surface area contributed by atoms with Crippen LogP contribution in [0.4, 0.5) is 5.82 Å². The molecule has 100 valence electrons. The maximum absolute atomic E-state index is 6.04. The van der Waals surface area contributed by atoms with Gasteiger partial charge in [-0.2, -0.15) is 0 Å². The molecule has 19 heavy (non-hydrogen) atoms. The fourth-order valence-electron chi connectivity index (χ4n) is 1.64. The van der Waals surface area contributed by atoms with E-state index < -0.39 is 0 Å². The Balaban J connectivity index is 2.03. The molecular weight excluding hydrogens is 283 g/mol. The van der Waals surface area contributed by atoms with Gasteiger partial charge in [0.05, 0.1) is 16.7 Å². The number of halogens is 2. The number of hydrogen-bond donors (Lipinski definition) is 1. The number of pyridine rings is 1. The first-order valence-corrected chi connectivity index (χ1v) is 6.71. The van der Waals surface area contributed by atoms with Gasteiger partial charge in [0.15, 0.2) is 0 Å². The van der Waals surface area contributed by atoms with Gasteiger partial charge in [-0.05, 0) is 30.7 Å². The molecule has 1 aromatic heterocycles. The third kappa shape index (κ3) is 4.01. The van der Waals surface area contributed by atoms with E-state index in [0.717, 1.165) is 11.3 Å². The Morgan fingerprint density at radius 1 is 1.26 bits per heavy atom. The van der Waals surface area contributed by atoms with Crippen molar-refractivity contribution in [1.82, 2.24) is 4.98 Å². The summed E-state index contributed by atoms with van der Waals surface area (Å²) in [6.45, 7) is 3.24. The number of aromatic nitrogens is 1. The molecule has 0 aliphatic rings. The second-order valence-electron chi connectivity index (χ2n) is 3.92. The monoisotopic (exact) mass is 296 g/mol. The molecule has 0 saturated heterocycles. The number of anilines is 1. The quantitative estimate of drug-likeness (QED) is 0.888. The Hall–Kier alpha value is -1.45. The van der Waals surface area contributed by atoms with Gasteiger partial charge in [0.2, 0.25) is 0 Å². The van der Waals surface area contributed by atoms with Gasteiger partial charge in [-0.1, -0.05) is 35.3 Å². The minimum absolute atomic E-state index is 0.508. The summed E-state index contributed by atoms with van der Waals surface area (Å²) in [5, 5.41) is 4.20. The topological polar surface area (TPSA) is 34.1 Å². The first-order valence-electron chi connectivity index (χ1n) is 5.95. The van der Waals surface area contributed by atoms with Crippen LogP contribution >= 0.6 is 23.2 Å². The highest BCUT2D eigenvalue weighted by atomic mass is 35.5. The molecule has 0 bridgehead atoms. The highest BCUT2D eigenvalue weighted by Crippen LogP contribution is 2.23. The maximum atomic E-state index is 6.04. The number of nitrogens with zero attached hydrogens (tertiary/aromatic N) is 1. The van der Waals surface area contributed by atoms with E-state index in [1.54, 1.807) is 12.3 Å².